The predicted octanol–water partition coefficient (Wildman–Crippen LogP) is 7.16. The van der Waals surface area contributed by atoms with Gasteiger partial charge in [-0.3, -0.25) is 9.59 Å². The molecule has 0 aliphatic carbocycles. The molecule has 0 aliphatic rings. The molecule has 5 nitrogen and oxygen atoms in total. The van der Waals surface area contributed by atoms with Gasteiger partial charge in [-0.25, -0.2) is 0 Å². The lowest BCUT2D eigenvalue weighted by Gasteiger charge is -2.21. The first-order chi connectivity index (χ1) is 17.0. The highest BCUT2D eigenvalue weighted by molar-refractivity contribution is 5.94. The number of carbonyl (C=O) groups excluding carboxylic acids is 2. The first-order valence-electron chi connectivity index (χ1n) is 13.3. The van der Waals surface area contributed by atoms with Crippen molar-refractivity contribution in [1.82, 2.24) is 9.96 Å². The Morgan fingerprint density at radius 3 is 1.77 bits per heavy atom. The largest absolute Gasteiger partial charge is 0.368 e. The summed E-state index contributed by atoms with van der Waals surface area (Å²) in [6.07, 6.45) is 12.9. The number of benzene rings is 2. The molecule has 2 aromatic rings. The van der Waals surface area contributed by atoms with Gasteiger partial charge in [-0.2, -0.15) is 0 Å². The Morgan fingerprint density at radius 1 is 0.714 bits per heavy atom. The van der Waals surface area contributed by atoms with Gasteiger partial charge in [0.2, 0.25) is 0 Å². The minimum absolute atomic E-state index is 0.0496. The lowest BCUT2D eigenvalue weighted by atomic mass is 10.1. The van der Waals surface area contributed by atoms with Gasteiger partial charge in [0, 0.05) is 26.1 Å². The molecule has 0 N–H and O–H groups in total. The Labute approximate surface area is 212 Å². The molecule has 0 heterocycles. The van der Waals surface area contributed by atoms with Crippen LogP contribution in [0.5, 0.6) is 0 Å². The van der Waals surface area contributed by atoms with E-state index in [0.29, 0.717) is 18.7 Å². The van der Waals surface area contributed by atoms with Crippen LogP contribution in [0.15, 0.2) is 54.6 Å². The number of unbranched alkanes of at least 4 members (excludes halogenated alkanes) is 9. The van der Waals surface area contributed by atoms with Crippen molar-refractivity contribution in [2.45, 2.75) is 91.1 Å². The lowest BCUT2D eigenvalue weighted by Crippen LogP contribution is -2.28. The molecule has 35 heavy (non-hydrogen) atoms. The van der Waals surface area contributed by atoms with E-state index in [1.165, 1.54) is 64.7 Å². The summed E-state index contributed by atoms with van der Waals surface area (Å²) in [4.78, 5) is 31.6. The molecule has 0 spiro atoms. The average Bonchev–Trinajstić information content (AvgIpc) is 2.85. The zero-order valence-corrected chi connectivity index (χ0v) is 22.0. The highest BCUT2D eigenvalue weighted by atomic mass is 16.7. The monoisotopic (exact) mass is 480 g/mol. The molecule has 0 unspecified atom stereocenters. The molecule has 0 aromatic heterocycles. The Morgan fingerprint density at radius 2 is 1.23 bits per heavy atom. The molecule has 0 bridgehead atoms. The Balaban J connectivity index is 1.73. The van der Waals surface area contributed by atoms with Crippen LogP contribution in [-0.2, 0) is 22.7 Å². The summed E-state index contributed by atoms with van der Waals surface area (Å²) in [6.45, 7) is 5.41. The quantitative estimate of drug-likeness (QED) is 0.178. The highest BCUT2D eigenvalue weighted by Gasteiger charge is 2.14. The van der Waals surface area contributed by atoms with Crippen molar-refractivity contribution in [3.63, 3.8) is 0 Å². The van der Waals surface area contributed by atoms with Crippen molar-refractivity contribution < 1.29 is 14.4 Å². The minimum atomic E-state index is -0.346. The van der Waals surface area contributed by atoms with Crippen molar-refractivity contribution in [3.8, 4) is 0 Å². The first kappa shape index (κ1) is 28.6. The van der Waals surface area contributed by atoms with Gasteiger partial charge >= 0.3 is 5.97 Å². The summed E-state index contributed by atoms with van der Waals surface area (Å²) in [5.74, 6) is -0.296. The van der Waals surface area contributed by atoms with E-state index in [2.05, 4.69) is 6.92 Å². The van der Waals surface area contributed by atoms with E-state index in [1.54, 1.807) is 5.06 Å². The number of nitrogens with zero attached hydrogens (tertiary/aromatic N) is 2. The first-order valence-corrected chi connectivity index (χ1v) is 13.3. The Kier molecular flexibility index (Phi) is 13.8. The van der Waals surface area contributed by atoms with E-state index in [0.717, 1.165) is 24.1 Å². The van der Waals surface area contributed by atoms with Crippen molar-refractivity contribution in [2.24, 2.45) is 0 Å². The van der Waals surface area contributed by atoms with Gasteiger partial charge < -0.3 is 9.74 Å². The van der Waals surface area contributed by atoms with Crippen LogP contribution in [0, 0.1) is 0 Å². The van der Waals surface area contributed by atoms with Gasteiger partial charge in [0.15, 0.2) is 0 Å². The number of carbonyl (C=O) groups is 2. The molecule has 0 fully saturated rings. The zero-order valence-electron chi connectivity index (χ0n) is 22.0. The van der Waals surface area contributed by atoms with Crippen molar-refractivity contribution in [2.75, 3.05) is 13.6 Å². The third-order valence-corrected chi connectivity index (χ3v) is 6.21. The molecular weight excluding hydrogens is 436 g/mol. The number of amides is 1. The molecule has 2 aromatic carbocycles. The lowest BCUT2D eigenvalue weighted by molar-refractivity contribution is -0.194. The zero-order chi connectivity index (χ0) is 25.3. The van der Waals surface area contributed by atoms with E-state index >= 15 is 0 Å². The van der Waals surface area contributed by atoms with E-state index in [4.69, 9.17) is 4.84 Å². The van der Waals surface area contributed by atoms with Crippen LogP contribution in [0.2, 0.25) is 0 Å². The molecular formula is C30H44N2O3. The van der Waals surface area contributed by atoms with Crippen LogP contribution in [0.25, 0.3) is 0 Å². The number of rotatable bonds is 17. The van der Waals surface area contributed by atoms with Crippen LogP contribution < -0.4 is 0 Å². The topological polar surface area (TPSA) is 49.9 Å². The number of hydroxylamine groups is 2. The van der Waals surface area contributed by atoms with Crippen molar-refractivity contribution >= 4 is 11.9 Å². The normalized spacial score (nSPS) is 11.0. The Bertz CT molecular complexity index is 852. The predicted molar refractivity (Wildman–Crippen MR) is 143 cm³/mol. The SMILES string of the molecule is CCCCCCCCCCCCN(C)C(=O)c1ccc(CN(Cc2ccccc2)OC(C)=O)cc1. The summed E-state index contributed by atoms with van der Waals surface area (Å²) in [7, 11) is 1.88. The maximum atomic E-state index is 12.8. The molecule has 2 rings (SSSR count). The summed E-state index contributed by atoms with van der Waals surface area (Å²) in [5, 5.41) is 1.64. The third kappa shape index (κ3) is 12.0. The maximum absolute atomic E-state index is 12.8. The van der Waals surface area contributed by atoms with E-state index in [-0.39, 0.29) is 11.9 Å². The smallest absolute Gasteiger partial charge is 0.322 e. The minimum Gasteiger partial charge on any atom is -0.368 e. The number of hydrogen-bond acceptors (Lipinski definition) is 4. The van der Waals surface area contributed by atoms with Crippen LogP contribution in [0.3, 0.4) is 0 Å². The standard InChI is InChI=1S/C30H44N2O3/c1-4-5-6-7-8-9-10-11-12-16-23-31(3)30(34)29-21-19-28(20-22-29)25-32(35-26(2)33)24-27-17-14-13-15-18-27/h13-15,17-22H,4-12,16,23-25H2,1-3H3. The van der Waals surface area contributed by atoms with E-state index < -0.39 is 0 Å². The maximum Gasteiger partial charge on any atom is 0.322 e. The molecule has 192 valence electrons. The van der Waals surface area contributed by atoms with Crippen LogP contribution in [0.4, 0.5) is 0 Å². The van der Waals surface area contributed by atoms with Crippen LogP contribution >= 0.6 is 0 Å². The van der Waals surface area contributed by atoms with Crippen molar-refractivity contribution in [1.29, 1.82) is 0 Å². The fraction of sp³-hybridized carbons (Fsp3) is 0.533. The second-order valence-electron chi connectivity index (χ2n) is 9.47. The summed E-state index contributed by atoms with van der Waals surface area (Å²) < 4.78 is 0. The third-order valence-electron chi connectivity index (χ3n) is 6.21. The molecule has 5 heteroatoms. The van der Waals surface area contributed by atoms with Crippen LogP contribution in [0.1, 0.15) is 99.5 Å². The van der Waals surface area contributed by atoms with Gasteiger partial charge in [0.1, 0.15) is 0 Å². The molecule has 0 saturated heterocycles. The van der Waals surface area contributed by atoms with E-state index in [1.807, 2.05) is 66.5 Å². The van der Waals surface area contributed by atoms with Crippen molar-refractivity contribution in [3.05, 3.63) is 71.3 Å². The van der Waals surface area contributed by atoms with Gasteiger partial charge in [-0.15, -0.1) is 5.06 Å². The van der Waals surface area contributed by atoms with Gasteiger partial charge in [0.25, 0.3) is 5.91 Å². The number of hydrogen-bond donors (Lipinski definition) is 0. The fourth-order valence-corrected chi connectivity index (χ4v) is 4.20. The summed E-state index contributed by atoms with van der Waals surface area (Å²) >= 11 is 0. The van der Waals surface area contributed by atoms with E-state index in [9.17, 15) is 9.59 Å². The summed E-state index contributed by atoms with van der Waals surface area (Å²) in [6, 6.07) is 17.5. The molecule has 0 atom stereocenters. The highest BCUT2D eigenvalue weighted by Crippen LogP contribution is 2.14. The molecule has 0 radical (unpaired) electrons. The Hall–Kier alpha value is -2.66. The molecule has 0 saturated carbocycles. The molecule has 0 aliphatic heterocycles. The summed E-state index contributed by atoms with van der Waals surface area (Å²) in [5.41, 5.74) is 2.73. The second-order valence-corrected chi connectivity index (χ2v) is 9.47. The molecule has 1 amide bonds. The van der Waals surface area contributed by atoms with Gasteiger partial charge in [-0.05, 0) is 29.7 Å². The second kappa shape index (κ2) is 16.9. The van der Waals surface area contributed by atoms with Gasteiger partial charge in [0.05, 0.1) is 13.1 Å². The van der Waals surface area contributed by atoms with Gasteiger partial charge in [-0.1, -0.05) is 107 Å². The van der Waals surface area contributed by atoms with Crippen LogP contribution in [-0.4, -0.2) is 35.4 Å². The fourth-order valence-electron chi connectivity index (χ4n) is 4.20. The average molecular weight is 481 g/mol.